The van der Waals surface area contributed by atoms with Crippen LogP contribution in [0.1, 0.15) is 36.0 Å². The summed E-state index contributed by atoms with van der Waals surface area (Å²) in [6.07, 6.45) is 8.31. The number of pyridine rings is 1. The van der Waals surface area contributed by atoms with Crippen LogP contribution < -0.4 is 5.32 Å². The number of amides is 1. The first-order chi connectivity index (χ1) is 8.74. The highest BCUT2D eigenvalue weighted by Crippen LogP contribution is 2.06. The van der Waals surface area contributed by atoms with Crippen LogP contribution in [-0.2, 0) is 0 Å². The third kappa shape index (κ3) is 6.26. The first-order valence-electron chi connectivity index (χ1n) is 6.12. The molecule has 1 N–H and O–H groups in total. The van der Waals surface area contributed by atoms with Gasteiger partial charge in [0.25, 0.3) is 5.91 Å². The van der Waals surface area contributed by atoms with Gasteiger partial charge >= 0.3 is 0 Å². The molecule has 0 atom stereocenters. The van der Waals surface area contributed by atoms with E-state index in [9.17, 15) is 4.79 Å². The lowest BCUT2D eigenvalue weighted by Gasteiger charge is -2.05. The predicted molar refractivity (Wildman–Crippen MR) is 78.4 cm³/mol. The summed E-state index contributed by atoms with van der Waals surface area (Å²) in [6.45, 7) is 0.723. The van der Waals surface area contributed by atoms with Gasteiger partial charge in [-0.25, -0.2) is 4.98 Å². The third-order valence-electron chi connectivity index (χ3n) is 2.55. The third-order valence-corrected chi connectivity index (χ3v) is 3.47. The van der Waals surface area contributed by atoms with E-state index in [0.717, 1.165) is 13.0 Å². The number of carbonyl (C=O) groups is 1. The Morgan fingerprint density at radius 1 is 1.33 bits per heavy atom. The second-order valence-corrected chi connectivity index (χ2v) is 5.41. The van der Waals surface area contributed by atoms with E-state index in [-0.39, 0.29) is 5.91 Å². The number of thioether (sulfide) groups is 1. The number of rotatable bonds is 8. The van der Waals surface area contributed by atoms with Gasteiger partial charge in [0.2, 0.25) is 0 Å². The molecule has 100 valence electrons. The normalized spacial score (nSPS) is 10.3. The SMILES string of the molecule is CSCCCCCCNC(=O)c1ccc(Cl)nc1. The predicted octanol–water partition coefficient (Wildman–Crippen LogP) is 3.39. The van der Waals surface area contributed by atoms with Gasteiger partial charge in [-0.15, -0.1) is 0 Å². The van der Waals surface area contributed by atoms with Crippen LogP contribution in [0.4, 0.5) is 0 Å². The molecule has 1 aromatic rings. The first kappa shape index (κ1) is 15.3. The minimum Gasteiger partial charge on any atom is -0.352 e. The van der Waals surface area contributed by atoms with Crippen LogP contribution in [0.3, 0.4) is 0 Å². The highest BCUT2D eigenvalue weighted by atomic mass is 35.5. The van der Waals surface area contributed by atoms with Gasteiger partial charge in [0.15, 0.2) is 0 Å². The molecule has 18 heavy (non-hydrogen) atoms. The Morgan fingerprint density at radius 2 is 2.11 bits per heavy atom. The number of unbranched alkanes of at least 4 members (excludes halogenated alkanes) is 3. The number of nitrogens with zero attached hydrogens (tertiary/aromatic N) is 1. The van der Waals surface area contributed by atoms with Crippen molar-refractivity contribution in [1.29, 1.82) is 0 Å². The fourth-order valence-corrected chi connectivity index (χ4v) is 2.14. The maximum atomic E-state index is 11.7. The Labute approximate surface area is 118 Å². The van der Waals surface area contributed by atoms with Crippen molar-refractivity contribution in [2.75, 3.05) is 18.6 Å². The zero-order valence-electron chi connectivity index (χ0n) is 10.6. The van der Waals surface area contributed by atoms with Crippen molar-refractivity contribution >= 4 is 29.3 Å². The van der Waals surface area contributed by atoms with Crippen LogP contribution in [0.2, 0.25) is 5.15 Å². The number of nitrogens with one attached hydrogen (secondary N) is 1. The molecule has 0 aromatic carbocycles. The van der Waals surface area contributed by atoms with Gasteiger partial charge in [0.1, 0.15) is 5.15 Å². The summed E-state index contributed by atoms with van der Waals surface area (Å²) in [5, 5.41) is 3.29. The molecule has 1 rings (SSSR count). The van der Waals surface area contributed by atoms with Crippen LogP contribution in [0.5, 0.6) is 0 Å². The summed E-state index contributed by atoms with van der Waals surface area (Å²) in [7, 11) is 0. The highest BCUT2D eigenvalue weighted by molar-refractivity contribution is 7.98. The van der Waals surface area contributed by atoms with Gasteiger partial charge in [-0.1, -0.05) is 24.4 Å². The fraction of sp³-hybridized carbons (Fsp3) is 0.538. The molecular formula is C13H19ClN2OS. The standard InChI is InChI=1S/C13H19ClN2OS/c1-18-9-5-3-2-4-8-15-13(17)11-6-7-12(14)16-10-11/h6-7,10H,2-5,8-9H2,1H3,(H,15,17). The quantitative estimate of drug-likeness (QED) is 0.588. The molecule has 0 aliphatic carbocycles. The van der Waals surface area contributed by atoms with Crippen LogP contribution in [0.25, 0.3) is 0 Å². The van der Waals surface area contributed by atoms with E-state index in [4.69, 9.17) is 11.6 Å². The van der Waals surface area contributed by atoms with Gasteiger partial charge in [0.05, 0.1) is 5.56 Å². The van der Waals surface area contributed by atoms with E-state index >= 15 is 0 Å². The Kier molecular flexibility index (Phi) is 7.85. The van der Waals surface area contributed by atoms with Crippen molar-refractivity contribution in [2.24, 2.45) is 0 Å². The summed E-state index contributed by atoms with van der Waals surface area (Å²) in [5.41, 5.74) is 0.557. The van der Waals surface area contributed by atoms with Crippen molar-refractivity contribution in [3.05, 3.63) is 29.0 Å². The Bertz CT molecular complexity index is 357. The molecule has 3 nitrogen and oxygen atoms in total. The Balaban J connectivity index is 2.12. The van der Waals surface area contributed by atoms with E-state index in [0.29, 0.717) is 10.7 Å². The fourth-order valence-electron chi connectivity index (χ4n) is 1.54. The van der Waals surface area contributed by atoms with Gasteiger partial charge in [-0.2, -0.15) is 11.8 Å². The zero-order chi connectivity index (χ0) is 13.2. The first-order valence-corrected chi connectivity index (χ1v) is 7.90. The molecule has 0 unspecified atom stereocenters. The topological polar surface area (TPSA) is 42.0 Å². The van der Waals surface area contributed by atoms with Crippen LogP contribution in [0.15, 0.2) is 18.3 Å². The van der Waals surface area contributed by atoms with Crippen LogP contribution >= 0.6 is 23.4 Å². The van der Waals surface area contributed by atoms with Gasteiger partial charge < -0.3 is 5.32 Å². The molecule has 0 saturated heterocycles. The minimum atomic E-state index is -0.0803. The average molecular weight is 287 g/mol. The lowest BCUT2D eigenvalue weighted by atomic mass is 10.2. The van der Waals surface area contributed by atoms with Gasteiger partial charge in [-0.3, -0.25) is 4.79 Å². The number of carbonyl (C=O) groups excluding carboxylic acids is 1. The lowest BCUT2D eigenvalue weighted by Crippen LogP contribution is -2.24. The molecular weight excluding hydrogens is 268 g/mol. The van der Waals surface area contributed by atoms with Crippen molar-refractivity contribution in [2.45, 2.75) is 25.7 Å². The average Bonchev–Trinajstić information content (AvgIpc) is 2.38. The highest BCUT2D eigenvalue weighted by Gasteiger charge is 2.04. The van der Waals surface area contributed by atoms with E-state index in [2.05, 4.69) is 16.6 Å². The summed E-state index contributed by atoms with van der Waals surface area (Å²) in [6, 6.07) is 3.31. The zero-order valence-corrected chi connectivity index (χ0v) is 12.2. The number of aromatic nitrogens is 1. The second-order valence-electron chi connectivity index (χ2n) is 4.03. The molecule has 0 aliphatic rings. The summed E-state index contributed by atoms with van der Waals surface area (Å²) in [4.78, 5) is 15.6. The number of hydrogen-bond acceptors (Lipinski definition) is 3. The second kappa shape index (κ2) is 9.22. The maximum absolute atomic E-state index is 11.7. The van der Waals surface area contributed by atoms with Gasteiger partial charge in [0, 0.05) is 12.7 Å². The molecule has 5 heteroatoms. The largest absolute Gasteiger partial charge is 0.352 e. The Hall–Kier alpha value is -0.740. The van der Waals surface area contributed by atoms with E-state index in [1.54, 1.807) is 12.1 Å². The van der Waals surface area contributed by atoms with Crippen molar-refractivity contribution in [3.8, 4) is 0 Å². The number of hydrogen-bond donors (Lipinski definition) is 1. The smallest absolute Gasteiger partial charge is 0.252 e. The molecule has 1 aromatic heterocycles. The van der Waals surface area contributed by atoms with Crippen molar-refractivity contribution < 1.29 is 4.79 Å². The van der Waals surface area contributed by atoms with Crippen LogP contribution in [0, 0.1) is 0 Å². The summed E-state index contributed by atoms with van der Waals surface area (Å²) in [5.74, 6) is 1.14. The van der Waals surface area contributed by atoms with Crippen molar-refractivity contribution in [1.82, 2.24) is 10.3 Å². The molecule has 0 aliphatic heterocycles. The number of halogens is 1. The Morgan fingerprint density at radius 3 is 2.78 bits per heavy atom. The van der Waals surface area contributed by atoms with E-state index in [1.165, 1.54) is 31.2 Å². The monoisotopic (exact) mass is 286 g/mol. The van der Waals surface area contributed by atoms with Crippen LogP contribution in [-0.4, -0.2) is 29.4 Å². The van der Waals surface area contributed by atoms with Crippen molar-refractivity contribution in [3.63, 3.8) is 0 Å². The molecule has 0 radical (unpaired) electrons. The molecule has 1 heterocycles. The lowest BCUT2D eigenvalue weighted by molar-refractivity contribution is 0.0952. The molecule has 1 amide bonds. The molecule has 0 saturated carbocycles. The summed E-state index contributed by atoms with van der Waals surface area (Å²) >= 11 is 7.54. The van der Waals surface area contributed by atoms with E-state index < -0.39 is 0 Å². The summed E-state index contributed by atoms with van der Waals surface area (Å²) < 4.78 is 0. The van der Waals surface area contributed by atoms with E-state index in [1.807, 2.05) is 11.8 Å². The minimum absolute atomic E-state index is 0.0803. The molecule has 0 bridgehead atoms. The van der Waals surface area contributed by atoms with Gasteiger partial charge in [-0.05, 0) is 37.0 Å². The molecule has 0 spiro atoms. The maximum Gasteiger partial charge on any atom is 0.252 e. The molecule has 0 fully saturated rings.